The van der Waals surface area contributed by atoms with Crippen molar-refractivity contribution in [2.45, 2.75) is 53.5 Å². The molecule has 0 bridgehead atoms. The number of carbonyl (C=O) groups excluding carboxylic acids is 1. The molecule has 6 heteroatoms. The molecule has 0 aliphatic carbocycles. The van der Waals surface area contributed by atoms with Crippen molar-refractivity contribution in [3.8, 4) is 11.1 Å². The van der Waals surface area contributed by atoms with E-state index in [0.717, 1.165) is 60.6 Å². The monoisotopic (exact) mass is 408 g/mol. The van der Waals surface area contributed by atoms with Crippen LogP contribution in [0.4, 0.5) is 0 Å². The molecule has 0 aliphatic heterocycles. The molecule has 0 saturated heterocycles. The summed E-state index contributed by atoms with van der Waals surface area (Å²) in [4.78, 5) is 19.1. The molecule has 3 rings (SSSR count). The number of quaternary nitrogens is 1. The first-order chi connectivity index (χ1) is 14.5. The van der Waals surface area contributed by atoms with Crippen LogP contribution in [0.2, 0.25) is 0 Å². The molecule has 6 nitrogen and oxygen atoms in total. The summed E-state index contributed by atoms with van der Waals surface area (Å²) in [5, 5.41) is 7.81. The largest absolute Gasteiger partial charge is 0.349 e. The van der Waals surface area contributed by atoms with E-state index in [0.29, 0.717) is 5.56 Å². The number of aromatic nitrogens is 3. The Hall–Kier alpha value is -2.73. The van der Waals surface area contributed by atoms with Gasteiger partial charge in [-0.05, 0) is 53.0 Å². The Morgan fingerprint density at radius 2 is 1.87 bits per heavy atom. The number of rotatable bonds is 9. The number of hydrogen-bond donors (Lipinski definition) is 2. The van der Waals surface area contributed by atoms with Gasteiger partial charge >= 0.3 is 0 Å². The van der Waals surface area contributed by atoms with Crippen molar-refractivity contribution in [3.63, 3.8) is 0 Å². The van der Waals surface area contributed by atoms with Gasteiger partial charge in [0.15, 0.2) is 5.65 Å². The summed E-state index contributed by atoms with van der Waals surface area (Å²) < 4.78 is 1.79. The van der Waals surface area contributed by atoms with Crippen molar-refractivity contribution in [2.75, 3.05) is 19.6 Å². The average Bonchev–Trinajstić information content (AvgIpc) is 3.09. The predicted molar refractivity (Wildman–Crippen MR) is 121 cm³/mol. The lowest BCUT2D eigenvalue weighted by Crippen LogP contribution is -3.11. The fourth-order valence-corrected chi connectivity index (χ4v) is 4.00. The molecule has 0 unspecified atom stereocenters. The van der Waals surface area contributed by atoms with Gasteiger partial charge in [0.2, 0.25) is 0 Å². The third kappa shape index (κ3) is 4.70. The predicted octanol–water partition coefficient (Wildman–Crippen LogP) is 2.84. The lowest BCUT2D eigenvalue weighted by atomic mass is 10.1. The zero-order valence-electron chi connectivity index (χ0n) is 18.8. The van der Waals surface area contributed by atoms with Crippen molar-refractivity contribution in [3.05, 3.63) is 53.5 Å². The molecule has 0 fully saturated rings. The van der Waals surface area contributed by atoms with Crippen molar-refractivity contribution >= 4 is 11.6 Å². The standard InChI is InChI=1S/C24H33N5O/c1-6-28(7-2)15-11-12-17(3)26-24(30)21-16-25-23-22(20-13-9-8-10-14-20)18(4)27-29(23)19(21)5/h8-10,13-14,16-17H,6-7,11-12,15H2,1-5H3,(H,26,30)/p+1/t17-/m1/s1. The van der Waals surface area contributed by atoms with Crippen LogP contribution in [-0.2, 0) is 0 Å². The highest BCUT2D eigenvalue weighted by atomic mass is 16.1. The molecule has 2 heterocycles. The summed E-state index contributed by atoms with van der Waals surface area (Å²) >= 11 is 0. The van der Waals surface area contributed by atoms with Gasteiger partial charge in [-0.1, -0.05) is 30.3 Å². The summed E-state index contributed by atoms with van der Waals surface area (Å²) in [7, 11) is 0. The zero-order chi connectivity index (χ0) is 21.7. The first-order valence-corrected chi connectivity index (χ1v) is 11.0. The van der Waals surface area contributed by atoms with Crippen LogP contribution in [0.1, 0.15) is 55.4 Å². The fourth-order valence-electron chi connectivity index (χ4n) is 4.00. The fraction of sp³-hybridized carbons (Fsp3) is 0.458. The minimum Gasteiger partial charge on any atom is -0.349 e. The Morgan fingerprint density at radius 1 is 1.17 bits per heavy atom. The molecular weight excluding hydrogens is 374 g/mol. The van der Waals surface area contributed by atoms with Gasteiger partial charge < -0.3 is 10.2 Å². The van der Waals surface area contributed by atoms with E-state index in [1.54, 1.807) is 15.6 Å². The first kappa shape index (κ1) is 22.0. The van der Waals surface area contributed by atoms with Crippen LogP contribution < -0.4 is 10.2 Å². The number of hydrogen-bond acceptors (Lipinski definition) is 3. The van der Waals surface area contributed by atoms with E-state index < -0.39 is 0 Å². The molecule has 0 radical (unpaired) electrons. The van der Waals surface area contributed by atoms with Crippen LogP contribution in [0.3, 0.4) is 0 Å². The Morgan fingerprint density at radius 3 is 2.53 bits per heavy atom. The van der Waals surface area contributed by atoms with Gasteiger partial charge in [0.1, 0.15) is 0 Å². The molecule has 2 aromatic heterocycles. The summed E-state index contributed by atoms with van der Waals surface area (Å²) in [5.74, 6) is -0.0843. The van der Waals surface area contributed by atoms with E-state index in [1.165, 1.54) is 0 Å². The number of aryl methyl sites for hydroxylation is 2. The van der Waals surface area contributed by atoms with Crippen molar-refractivity contribution in [1.29, 1.82) is 0 Å². The summed E-state index contributed by atoms with van der Waals surface area (Å²) in [6, 6.07) is 10.3. The summed E-state index contributed by atoms with van der Waals surface area (Å²) in [6.07, 6.45) is 3.76. The van der Waals surface area contributed by atoms with Gasteiger partial charge in [-0.25, -0.2) is 9.50 Å². The number of amides is 1. The summed E-state index contributed by atoms with van der Waals surface area (Å²) in [5.41, 5.74) is 5.16. The van der Waals surface area contributed by atoms with E-state index in [4.69, 9.17) is 0 Å². The van der Waals surface area contributed by atoms with Crippen molar-refractivity contribution < 1.29 is 9.69 Å². The third-order valence-electron chi connectivity index (χ3n) is 5.91. The van der Waals surface area contributed by atoms with Gasteiger partial charge in [-0.15, -0.1) is 0 Å². The maximum atomic E-state index is 12.9. The zero-order valence-corrected chi connectivity index (χ0v) is 18.8. The number of benzene rings is 1. The molecule has 1 aromatic carbocycles. The minimum atomic E-state index is -0.0843. The average molecular weight is 409 g/mol. The van der Waals surface area contributed by atoms with E-state index in [2.05, 4.69) is 48.3 Å². The van der Waals surface area contributed by atoms with Gasteiger partial charge in [0.05, 0.1) is 36.6 Å². The maximum absolute atomic E-state index is 12.9. The van der Waals surface area contributed by atoms with Crippen LogP contribution in [0, 0.1) is 13.8 Å². The highest BCUT2D eigenvalue weighted by molar-refractivity contribution is 5.95. The number of nitrogens with one attached hydrogen (secondary N) is 2. The molecule has 0 aliphatic rings. The normalized spacial score (nSPS) is 12.5. The van der Waals surface area contributed by atoms with E-state index in [-0.39, 0.29) is 11.9 Å². The number of fused-ring (bicyclic) bond motifs is 1. The van der Waals surface area contributed by atoms with Gasteiger partial charge in [0, 0.05) is 17.8 Å². The van der Waals surface area contributed by atoms with Crippen molar-refractivity contribution in [2.24, 2.45) is 0 Å². The molecule has 2 N–H and O–H groups in total. The number of carbonyl (C=O) groups is 1. The van der Waals surface area contributed by atoms with Gasteiger partial charge in [-0.3, -0.25) is 4.79 Å². The molecule has 3 aromatic rings. The lowest BCUT2D eigenvalue weighted by Gasteiger charge is -2.18. The van der Waals surface area contributed by atoms with Gasteiger partial charge in [-0.2, -0.15) is 5.10 Å². The van der Waals surface area contributed by atoms with Gasteiger partial charge in [0.25, 0.3) is 5.91 Å². The molecular formula is C24H34N5O+. The molecule has 30 heavy (non-hydrogen) atoms. The highest BCUT2D eigenvalue weighted by Gasteiger charge is 2.19. The van der Waals surface area contributed by atoms with E-state index in [1.807, 2.05) is 32.0 Å². The second-order valence-corrected chi connectivity index (χ2v) is 8.04. The van der Waals surface area contributed by atoms with Crippen molar-refractivity contribution in [1.82, 2.24) is 19.9 Å². The van der Waals surface area contributed by atoms with Crippen LogP contribution in [0.5, 0.6) is 0 Å². The minimum absolute atomic E-state index is 0.0843. The van der Waals surface area contributed by atoms with Crippen LogP contribution in [0.15, 0.2) is 36.5 Å². The molecule has 1 amide bonds. The van der Waals surface area contributed by atoms with E-state index >= 15 is 0 Å². The van der Waals surface area contributed by atoms with Crippen LogP contribution in [0.25, 0.3) is 16.8 Å². The SMILES string of the molecule is CC[NH+](CC)CCC[C@@H](C)NC(=O)c1cnc2c(-c3ccccc3)c(C)nn2c1C. The second-order valence-electron chi connectivity index (χ2n) is 8.04. The highest BCUT2D eigenvalue weighted by Crippen LogP contribution is 2.27. The summed E-state index contributed by atoms with van der Waals surface area (Å²) in [6.45, 7) is 13.9. The van der Waals surface area contributed by atoms with E-state index in [9.17, 15) is 4.79 Å². The Bertz CT molecular complexity index is 992. The topological polar surface area (TPSA) is 63.7 Å². The Labute approximate surface area is 179 Å². The molecule has 1 atom stereocenters. The third-order valence-corrected chi connectivity index (χ3v) is 5.91. The second kappa shape index (κ2) is 9.85. The Balaban J connectivity index is 1.75. The molecule has 0 spiro atoms. The molecule has 160 valence electrons. The molecule has 0 saturated carbocycles. The first-order valence-electron chi connectivity index (χ1n) is 11.0. The van der Waals surface area contributed by atoms with Crippen LogP contribution >= 0.6 is 0 Å². The smallest absolute Gasteiger partial charge is 0.254 e. The maximum Gasteiger partial charge on any atom is 0.254 e. The van der Waals surface area contributed by atoms with Crippen LogP contribution in [-0.4, -0.2) is 46.2 Å². The number of nitrogens with zero attached hydrogens (tertiary/aromatic N) is 3. The quantitative estimate of drug-likeness (QED) is 0.572. The lowest BCUT2D eigenvalue weighted by molar-refractivity contribution is -0.896. The Kier molecular flexibility index (Phi) is 7.21.